The lowest BCUT2D eigenvalue weighted by Crippen LogP contribution is -2.20. The van der Waals surface area contributed by atoms with Crippen molar-refractivity contribution in [3.63, 3.8) is 0 Å². The molecule has 0 radical (unpaired) electrons. The molecule has 0 spiro atoms. The van der Waals surface area contributed by atoms with Crippen molar-refractivity contribution in [3.8, 4) is 5.75 Å². The summed E-state index contributed by atoms with van der Waals surface area (Å²) in [5.74, 6) is 0.821. The summed E-state index contributed by atoms with van der Waals surface area (Å²) in [5, 5.41) is 3.38. The Morgan fingerprint density at radius 3 is 2.65 bits per heavy atom. The van der Waals surface area contributed by atoms with E-state index in [0.717, 1.165) is 29.9 Å². The van der Waals surface area contributed by atoms with Crippen molar-refractivity contribution in [1.29, 1.82) is 0 Å². The molecular weight excluding hydrogens is 330 g/mol. The van der Waals surface area contributed by atoms with E-state index in [4.69, 9.17) is 17.0 Å². The molecule has 0 aliphatic rings. The molecule has 1 heterocycles. The van der Waals surface area contributed by atoms with E-state index < -0.39 is 0 Å². The maximum absolute atomic E-state index is 5.83. The maximum Gasteiger partial charge on any atom is 0.175 e. The quantitative estimate of drug-likeness (QED) is 0.463. The van der Waals surface area contributed by atoms with Crippen LogP contribution in [-0.4, -0.2) is 23.1 Å². The van der Waals surface area contributed by atoms with Crippen LogP contribution in [0.4, 0.5) is 0 Å². The molecule has 0 atom stereocenters. The predicted molar refractivity (Wildman–Crippen MR) is 99.1 cm³/mol. The Morgan fingerprint density at radius 1 is 1.09 bits per heavy atom. The first-order chi connectivity index (χ1) is 10.7. The summed E-state index contributed by atoms with van der Waals surface area (Å²) in [4.78, 5) is 6.20. The Hall–Kier alpha value is -1.82. The van der Waals surface area contributed by atoms with E-state index in [2.05, 4.69) is 46.5 Å². The van der Waals surface area contributed by atoms with E-state index in [1.807, 2.05) is 18.2 Å². The first-order valence-corrected chi connectivity index (χ1v) is 7.73. The SMILES string of the molecule is Cc1ccc(CNCCOc2cccc3[nH]c(=S)[nH]c23)cc1.Cl. The highest BCUT2D eigenvalue weighted by Crippen LogP contribution is 2.22. The van der Waals surface area contributed by atoms with Gasteiger partial charge in [-0.2, -0.15) is 0 Å². The van der Waals surface area contributed by atoms with Gasteiger partial charge in [0.15, 0.2) is 4.77 Å². The summed E-state index contributed by atoms with van der Waals surface area (Å²) in [7, 11) is 0. The number of aryl methyl sites for hydroxylation is 1. The molecule has 0 aliphatic carbocycles. The van der Waals surface area contributed by atoms with Gasteiger partial charge in [0.2, 0.25) is 0 Å². The minimum atomic E-state index is 0. The number of aromatic nitrogens is 2. The normalized spacial score (nSPS) is 10.5. The molecule has 0 saturated carbocycles. The van der Waals surface area contributed by atoms with Crippen LogP contribution in [0.5, 0.6) is 5.75 Å². The third kappa shape index (κ3) is 4.58. The molecule has 0 bridgehead atoms. The molecule has 0 fully saturated rings. The van der Waals surface area contributed by atoms with Gasteiger partial charge in [-0.05, 0) is 36.8 Å². The largest absolute Gasteiger partial charge is 0.490 e. The number of H-pyrrole nitrogens is 2. The van der Waals surface area contributed by atoms with Gasteiger partial charge in [0, 0.05) is 13.1 Å². The molecule has 1 aromatic heterocycles. The van der Waals surface area contributed by atoms with Crippen molar-refractivity contribution in [2.75, 3.05) is 13.2 Å². The highest BCUT2D eigenvalue weighted by Gasteiger charge is 2.03. The molecule has 3 N–H and O–H groups in total. The van der Waals surface area contributed by atoms with Crippen molar-refractivity contribution in [2.45, 2.75) is 13.5 Å². The van der Waals surface area contributed by atoms with Crippen LogP contribution in [0.3, 0.4) is 0 Å². The lowest BCUT2D eigenvalue weighted by atomic mass is 10.1. The average Bonchev–Trinajstić information content (AvgIpc) is 2.90. The Kier molecular flexibility index (Phi) is 6.21. The summed E-state index contributed by atoms with van der Waals surface area (Å²) >= 11 is 5.11. The second kappa shape index (κ2) is 8.15. The molecule has 3 rings (SSSR count). The lowest BCUT2D eigenvalue weighted by Gasteiger charge is -2.08. The number of hydrogen-bond acceptors (Lipinski definition) is 3. The zero-order valence-electron chi connectivity index (χ0n) is 12.9. The molecule has 4 nitrogen and oxygen atoms in total. The number of ether oxygens (including phenoxy) is 1. The Morgan fingerprint density at radius 2 is 1.87 bits per heavy atom. The number of hydrogen-bond donors (Lipinski definition) is 3. The summed E-state index contributed by atoms with van der Waals surface area (Å²) in [6.07, 6.45) is 0. The molecule has 0 amide bonds. The number of nitrogens with one attached hydrogen (secondary N) is 3. The number of aromatic amines is 2. The molecule has 0 unspecified atom stereocenters. The fourth-order valence-corrected chi connectivity index (χ4v) is 2.54. The fourth-order valence-electron chi connectivity index (χ4n) is 2.32. The monoisotopic (exact) mass is 349 g/mol. The fraction of sp³-hybridized carbons (Fsp3) is 0.235. The van der Waals surface area contributed by atoms with Gasteiger partial charge in [-0.1, -0.05) is 35.9 Å². The van der Waals surface area contributed by atoms with Crippen LogP contribution in [0.2, 0.25) is 0 Å². The molecule has 23 heavy (non-hydrogen) atoms. The zero-order chi connectivity index (χ0) is 15.4. The topological polar surface area (TPSA) is 52.8 Å². The van der Waals surface area contributed by atoms with Gasteiger partial charge >= 0.3 is 0 Å². The zero-order valence-corrected chi connectivity index (χ0v) is 14.5. The second-order valence-corrected chi connectivity index (χ2v) is 5.68. The van der Waals surface area contributed by atoms with Crippen molar-refractivity contribution in [2.24, 2.45) is 0 Å². The van der Waals surface area contributed by atoms with Crippen LogP contribution in [0.15, 0.2) is 42.5 Å². The van der Waals surface area contributed by atoms with E-state index in [9.17, 15) is 0 Å². The highest BCUT2D eigenvalue weighted by molar-refractivity contribution is 7.71. The number of benzene rings is 2. The lowest BCUT2D eigenvalue weighted by molar-refractivity contribution is 0.316. The number of halogens is 1. The summed E-state index contributed by atoms with van der Waals surface area (Å²) < 4.78 is 6.44. The standard InChI is InChI=1S/C17H19N3OS.ClH/c1-12-5-7-13(8-6-12)11-18-9-10-21-15-4-2-3-14-16(15)20-17(22)19-14;/h2-8,18H,9-11H2,1H3,(H2,19,20,22);1H. The number of rotatable bonds is 6. The molecule has 122 valence electrons. The Labute approximate surface area is 146 Å². The van der Waals surface area contributed by atoms with E-state index >= 15 is 0 Å². The Balaban J connectivity index is 0.00000192. The molecule has 3 aromatic rings. The first kappa shape index (κ1) is 17.5. The third-order valence-electron chi connectivity index (χ3n) is 3.50. The summed E-state index contributed by atoms with van der Waals surface area (Å²) in [5.41, 5.74) is 4.45. The first-order valence-electron chi connectivity index (χ1n) is 7.32. The second-order valence-electron chi connectivity index (χ2n) is 5.27. The van der Waals surface area contributed by atoms with Gasteiger partial charge in [-0.25, -0.2) is 0 Å². The van der Waals surface area contributed by atoms with Gasteiger partial charge in [-0.3, -0.25) is 0 Å². The minimum Gasteiger partial charge on any atom is -0.490 e. The van der Waals surface area contributed by atoms with Crippen molar-refractivity contribution < 1.29 is 4.74 Å². The highest BCUT2D eigenvalue weighted by atomic mass is 35.5. The number of para-hydroxylation sites is 1. The predicted octanol–water partition coefficient (Wildman–Crippen LogP) is 4.12. The van der Waals surface area contributed by atoms with Crippen molar-refractivity contribution in [1.82, 2.24) is 15.3 Å². The van der Waals surface area contributed by atoms with Gasteiger partial charge in [0.05, 0.1) is 5.52 Å². The molecule has 2 aromatic carbocycles. The van der Waals surface area contributed by atoms with E-state index in [0.29, 0.717) is 11.4 Å². The average molecular weight is 350 g/mol. The van der Waals surface area contributed by atoms with Crippen LogP contribution < -0.4 is 10.1 Å². The van der Waals surface area contributed by atoms with Gasteiger partial charge in [0.25, 0.3) is 0 Å². The molecule has 0 saturated heterocycles. The van der Waals surface area contributed by atoms with E-state index in [1.165, 1.54) is 11.1 Å². The van der Waals surface area contributed by atoms with E-state index in [1.54, 1.807) is 0 Å². The smallest absolute Gasteiger partial charge is 0.175 e. The minimum absolute atomic E-state index is 0. The maximum atomic E-state index is 5.83. The number of fused-ring (bicyclic) bond motifs is 1. The van der Waals surface area contributed by atoms with Crippen LogP contribution >= 0.6 is 24.6 Å². The number of imidazole rings is 1. The molecule has 6 heteroatoms. The van der Waals surface area contributed by atoms with Crippen LogP contribution in [0.1, 0.15) is 11.1 Å². The van der Waals surface area contributed by atoms with Crippen LogP contribution in [0.25, 0.3) is 11.0 Å². The molecular formula is C17H20ClN3OS. The summed E-state index contributed by atoms with van der Waals surface area (Å²) in [6.45, 7) is 4.34. The van der Waals surface area contributed by atoms with E-state index in [-0.39, 0.29) is 12.4 Å². The van der Waals surface area contributed by atoms with Gasteiger partial charge in [-0.15, -0.1) is 12.4 Å². The van der Waals surface area contributed by atoms with Gasteiger partial charge in [0.1, 0.15) is 17.9 Å². The summed E-state index contributed by atoms with van der Waals surface area (Å²) in [6, 6.07) is 14.4. The van der Waals surface area contributed by atoms with Gasteiger partial charge < -0.3 is 20.0 Å². The molecule has 0 aliphatic heterocycles. The van der Waals surface area contributed by atoms with Crippen LogP contribution in [-0.2, 0) is 6.54 Å². The van der Waals surface area contributed by atoms with Crippen molar-refractivity contribution in [3.05, 3.63) is 58.4 Å². The van der Waals surface area contributed by atoms with Crippen molar-refractivity contribution >= 4 is 35.7 Å². The third-order valence-corrected chi connectivity index (χ3v) is 3.70. The Bertz CT molecular complexity index is 811. The van der Waals surface area contributed by atoms with Crippen LogP contribution in [0, 0.1) is 11.7 Å².